The molecule has 0 unspecified atom stereocenters. The topological polar surface area (TPSA) is 101 Å². The van der Waals surface area contributed by atoms with Crippen molar-refractivity contribution in [2.45, 2.75) is 19.4 Å². The van der Waals surface area contributed by atoms with E-state index in [0.29, 0.717) is 13.1 Å². The summed E-state index contributed by atoms with van der Waals surface area (Å²) in [5.41, 5.74) is 4.75. The molecule has 0 atom stereocenters. The zero-order valence-corrected chi connectivity index (χ0v) is 10.3. The van der Waals surface area contributed by atoms with Gasteiger partial charge in [-0.05, 0) is 13.8 Å². The fraction of sp³-hybridized carbons (Fsp3) is 0.455. The summed E-state index contributed by atoms with van der Waals surface area (Å²) in [6.45, 7) is 4.26. The van der Waals surface area contributed by atoms with Crippen LogP contribution in [0, 0.1) is 0 Å². The van der Waals surface area contributed by atoms with Crippen molar-refractivity contribution in [2.24, 2.45) is 0 Å². The maximum atomic E-state index is 12.3. The van der Waals surface area contributed by atoms with E-state index in [4.69, 9.17) is 5.73 Å². The van der Waals surface area contributed by atoms with E-state index in [1.807, 2.05) is 0 Å². The number of aromatic nitrogens is 2. The number of rotatable bonds is 1. The molecular weight excluding hydrogens is 234 g/mol. The number of nitrogens with two attached hydrogens (primary N) is 1. The van der Waals surface area contributed by atoms with Crippen molar-refractivity contribution in [3.63, 3.8) is 0 Å². The molecular formula is C11H15N5O2. The van der Waals surface area contributed by atoms with Crippen molar-refractivity contribution >= 4 is 17.6 Å². The van der Waals surface area contributed by atoms with Crippen molar-refractivity contribution in [2.75, 3.05) is 18.8 Å². The Morgan fingerprint density at radius 2 is 2.22 bits per heavy atom. The van der Waals surface area contributed by atoms with E-state index in [0.717, 1.165) is 0 Å². The van der Waals surface area contributed by atoms with Gasteiger partial charge in [0.1, 0.15) is 17.1 Å². The first-order valence-electron chi connectivity index (χ1n) is 5.60. The molecule has 7 heteroatoms. The zero-order valence-electron chi connectivity index (χ0n) is 10.3. The van der Waals surface area contributed by atoms with Gasteiger partial charge < -0.3 is 16.0 Å². The lowest BCUT2D eigenvalue weighted by Gasteiger charge is -2.40. The zero-order chi connectivity index (χ0) is 13.3. The van der Waals surface area contributed by atoms with Crippen LogP contribution in [0.15, 0.2) is 12.4 Å². The van der Waals surface area contributed by atoms with E-state index in [-0.39, 0.29) is 23.3 Å². The largest absolute Gasteiger partial charge is 0.382 e. The average Bonchev–Trinajstić information content (AvgIpc) is 2.32. The predicted octanol–water partition coefficient (Wildman–Crippen LogP) is -0.591. The van der Waals surface area contributed by atoms with Crippen LogP contribution < -0.4 is 11.1 Å². The molecule has 1 aromatic heterocycles. The molecule has 1 fully saturated rings. The molecule has 2 rings (SSSR count). The van der Waals surface area contributed by atoms with E-state index in [9.17, 15) is 9.59 Å². The Kier molecular flexibility index (Phi) is 2.90. The lowest BCUT2D eigenvalue weighted by molar-refractivity contribution is -0.133. The number of anilines is 1. The number of nitrogens with zero attached hydrogens (tertiary/aromatic N) is 3. The molecule has 0 bridgehead atoms. The summed E-state index contributed by atoms with van der Waals surface area (Å²) >= 11 is 0. The Labute approximate surface area is 104 Å². The van der Waals surface area contributed by atoms with Gasteiger partial charge in [-0.1, -0.05) is 0 Å². The van der Waals surface area contributed by atoms with Crippen LogP contribution in [-0.2, 0) is 4.79 Å². The smallest absolute Gasteiger partial charge is 0.275 e. The standard InChI is InChI=1S/C11H15N5O2/c1-11(2)10(18)14-3-4-16(11)9(17)7-5-13-6-8(12)15-7/h5-6H,3-4H2,1-2H3,(H2,12,15)(H,14,18). The molecule has 7 nitrogen and oxygen atoms in total. The Balaban J connectivity index is 2.31. The van der Waals surface area contributed by atoms with E-state index in [1.54, 1.807) is 13.8 Å². The molecule has 2 heterocycles. The second-order valence-corrected chi connectivity index (χ2v) is 4.60. The molecule has 1 aliphatic rings. The Bertz CT molecular complexity index is 500. The third-order valence-electron chi connectivity index (χ3n) is 2.97. The second kappa shape index (κ2) is 4.25. The Morgan fingerprint density at radius 3 is 2.89 bits per heavy atom. The van der Waals surface area contributed by atoms with Crippen LogP contribution in [0.25, 0.3) is 0 Å². The van der Waals surface area contributed by atoms with E-state index >= 15 is 0 Å². The minimum atomic E-state index is -0.901. The maximum absolute atomic E-state index is 12.3. The third-order valence-corrected chi connectivity index (χ3v) is 2.97. The minimum Gasteiger partial charge on any atom is -0.382 e. The number of carbonyl (C=O) groups is 2. The van der Waals surface area contributed by atoms with Crippen molar-refractivity contribution in [3.8, 4) is 0 Å². The quantitative estimate of drug-likeness (QED) is 0.692. The molecule has 0 radical (unpaired) electrons. The average molecular weight is 249 g/mol. The summed E-state index contributed by atoms with van der Waals surface area (Å²) in [4.78, 5) is 33.3. The van der Waals surface area contributed by atoms with Gasteiger partial charge in [0.05, 0.1) is 12.4 Å². The summed E-state index contributed by atoms with van der Waals surface area (Å²) in [5, 5.41) is 2.73. The molecule has 0 aliphatic carbocycles. The van der Waals surface area contributed by atoms with Crippen LogP contribution in [0.3, 0.4) is 0 Å². The summed E-state index contributed by atoms with van der Waals surface area (Å²) in [6, 6.07) is 0. The van der Waals surface area contributed by atoms with Gasteiger partial charge in [-0.3, -0.25) is 14.6 Å². The lowest BCUT2D eigenvalue weighted by atomic mass is 9.98. The SMILES string of the molecule is CC1(C)C(=O)NCCN1C(=O)c1cncc(N)n1. The first kappa shape index (κ1) is 12.3. The number of nitrogen functional groups attached to an aromatic ring is 1. The van der Waals surface area contributed by atoms with Crippen molar-refractivity contribution in [3.05, 3.63) is 18.1 Å². The first-order chi connectivity index (χ1) is 8.43. The highest BCUT2D eigenvalue weighted by Crippen LogP contribution is 2.19. The van der Waals surface area contributed by atoms with Gasteiger partial charge in [0.2, 0.25) is 5.91 Å². The number of nitrogens with one attached hydrogen (secondary N) is 1. The number of carbonyl (C=O) groups excluding carboxylic acids is 2. The van der Waals surface area contributed by atoms with Gasteiger partial charge >= 0.3 is 0 Å². The molecule has 1 aliphatic heterocycles. The van der Waals surface area contributed by atoms with Crippen LogP contribution in [0.4, 0.5) is 5.82 Å². The fourth-order valence-corrected chi connectivity index (χ4v) is 1.88. The molecule has 0 spiro atoms. The Hall–Kier alpha value is -2.18. The molecule has 96 valence electrons. The van der Waals surface area contributed by atoms with Gasteiger partial charge in [0.15, 0.2) is 0 Å². The molecule has 0 saturated carbocycles. The molecule has 0 aromatic carbocycles. The third kappa shape index (κ3) is 1.99. The van der Waals surface area contributed by atoms with Gasteiger partial charge in [-0.25, -0.2) is 4.98 Å². The first-order valence-corrected chi connectivity index (χ1v) is 5.60. The van der Waals surface area contributed by atoms with E-state index < -0.39 is 5.54 Å². The lowest BCUT2D eigenvalue weighted by Crippen LogP contribution is -2.63. The maximum Gasteiger partial charge on any atom is 0.275 e. The Morgan fingerprint density at radius 1 is 1.50 bits per heavy atom. The van der Waals surface area contributed by atoms with Gasteiger partial charge in [0.25, 0.3) is 5.91 Å². The molecule has 3 N–H and O–H groups in total. The van der Waals surface area contributed by atoms with E-state index in [1.165, 1.54) is 17.3 Å². The normalized spacial score (nSPS) is 18.3. The number of piperazine rings is 1. The van der Waals surface area contributed by atoms with Crippen LogP contribution in [-0.4, -0.2) is 45.3 Å². The predicted molar refractivity (Wildman–Crippen MR) is 64.6 cm³/mol. The number of hydrogen-bond donors (Lipinski definition) is 2. The van der Waals surface area contributed by atoms with Crippen LogP contribution >= 0.6 is 0 Å². The van der Waals surface area contributed by atoms with Gasteiger partial charge in [0, 0.05) is 13.1 Å². The summed E-state index contributed by atoms with van der Waals surface area (Å²) in [5.74, 6) is -0.339. The summed E-state index contributed by atoms with van der Waals surface area (Å²) < 4.78 is 0. The molecule has 1 aromatic rings. The number of hydrogen-bond acceptors (Lipinski definition) is 5. The highest BCUT2D eigenvalue weighted by atomic mass is 16.2. The van der Waals surface area contributed by atoms with Gasteiger partial charge in [-0.2, -0.15) is 0 Å². The van der Waals surface area contributed by atoms with Crippen LogP contribution in [0.1, 0.15) is 24.3 Å². The minimum absolute atomic E-state index is 0.151. The van der Waals surface area contributed by atoms with E-state index in [2.05, 4.69) is 15.3 Å². The van der Waals surface area contributed by atoms with Gasteiger partial charge in [-0.15, -0.1) is 0 Å². The van der Waals surface area contributed by atoms with Crippen molar-refractivity contribution in [1.82, 2.24) is 20.2 Å². The second-order valence-electron chi connectivity index (χ2n) is 4.60. The molecule has 1 saturated heterocycles. The molecule has 2 amide bonds. The van der Waals surface area contributed by atoms with Crippen LogP contribution in [0.2, 0.25) is 0 Å². The summed E-state index contributed by atoms with van der Waals surface area (Å²) in [6.07, 6.45) is 2.71. The van der Waals surface area contributed by atoms with Crippen molar-refractivity contribution in [1.29, 1.82) is 0 Å². The highest BCUT2D eigenvalue weighted by Gasteiger charge is 2.41. The fourth-order valence-electron chi connectivity index (χ4n) is 1.88. The molecule has 18 heavy (non-hydrogen) atoms. The van der Waals surface area contributed by atoms with Crippen molar-refractivity contribution < 1.29 is 9.59 Å². The highest BCUT2D eigenvalue weighted by molar-refractivity contribution is 5.98. The monoisotopic (exact) mass is 249 g/mol. The van der Waals surface area contributed by atoms with Crippen LogP contribution in [0.5, 0.6) is 0 Å². The summed E-state index contributed by atoms with van der Waals surface area (Å²) in [7, 11) is 0. The number of amides is 2.